The third-order valence-electron chi connectivity index (χ3n) is 2.71. The molecule has 0 aromatic heterocycles. The molecule has 0 aliphatic heterocycles. The first-order chi connectivity index (χ1) is 10.1. The molecule has 124 valence electrons. The largest absolute Gasteiger partial charge is 0.310 e. The predicted molar refractivity (Wildman–Crippen MR) is 81.8 cm³/mol. The topological polar surface area (TPSA) is 118 Å². The lowest BCUT2D eigenvalue weighted by Gasteiger charge is -2.04. The predicted octanol–water partition coefficient (Wildman–Crippen LogP) is 2.00. The number of nitrogens with zero attached hydrogens (tertiary/aromatic N) is 2. The van der Waals surface area contributed by atoms with Crippen LogP contribution >= 0.6 is 0 Å². The first-order valence-corrected chi connectivity index (χ1v) is 7.93. The minimum absolute atomic E-state index is 0.00420. The van der Waals surface area contributed by atoms with Crippen LogP contribution in [-0.4, -0.2) is 49.2 Å². The van der Waals surface area contributed by atoms with Gasteiger partial charge in [0.25, 0.3) is 0 Å². The van der Waals surface area contributed by atoms with Crippen molar-refractivity contribution in [2.75, 3.05) is 20.6 Å². The summed E-state index contributed by atoms with van der Waals surface area (Å²) in [6, 6.07) is 3.19. The number of para-hydroxylation sites is 1. The summed E-state index contributed by atoms with van der Waals surface area (Å²) in [7, 11) is -0.626. The minimum atomic E-state index is -4.74. The summed E-state index contributed by atoms with van der Waals surface area (Å²) < 4.78 is 30.8. The molecule has 8 nitrogen and oxygen atoms in total. The molecule has 0 saturated heterocycles. The number of hydrogen-bond donors (Lipinski definition) is 1. The highest BCUT2D eigenvalue weighted by Gasteiger charge is 2.29. The quantitative estimate of drug-likeness (QED) is 0.379. The average Bonchev–Trinajstić information content (AvgIpc) is 2.45. The summed E-state index contributed by atoms with van der Waals surface area (Å²) in [5.74, 6) is -0.567. The molecule has 0 heterocycles. The second kappa shape index (κ2) is 8.57. The fourth-order valence-electron chi connectivity index (χ4n) is 1.33. The van der Waals surface area contributed by atoms with Crippen molar-refractivity contribution in [2.24, 2.45) is 0 Å². The number of benzene rings is 1. The van der Waals surface area contributed by atoms with Crippen LogP contribution in [0.15, 0.2) is 23.1 Å². The average molecular weight is 332 g/mol. The van der Waals surface area contributed by atoms with Gasteiger partial charge in [0.1, 0.15) is 0 Å². The van der Waals surface area contributed by atoms with Gasteiger partial charge in [-0.3, -0.25) is 19.5 Å². The van der Waals surface area contributed by atoms with Gasteiger partial charge >= 0.3 is 15.8 Å². The maximum absolute atomic E-state index is 11.4. The van der Waals surface area contributed by atoms with Gasteiger partial charge in [-0.05, 0) is 32.8 Å². The number of Topliss-reactive ketones (excluding diaryl/α,β-unsaturated/α-hetero) is 1. The van der Waals surface area contributed by atoms with E-state index in [2.05, 4.69) is 25.9 Å². The lowest BCUT2D eigenvalue weighted by Crippen LogP contribution is -2.09. The van der Waals surface area contributed by atoms with Gasteiger partial charge in [0.2, 0.25) is 0 Å². The molecule has 1 aromatic rings. The van der Waals surface area contributed by atoms with Crippen molar-refractivity contribution in [2.45, 2.75) is 25.2 Å². The van der Waals surface area contributed by atoms with Crippen molar-refractivity contribution >= 4 is 21.6 Å². The Morgan fingerprint density at radius 1 is 1.32 bits per heavy atom. The molecule has 1 aromatic carbocycles. The molecule has 0 spiro atoms. The van der Waals surface area contributed by atoms with Gasteiger partial charge < -0.3 is 4.90 Å². The van der Waals surface area contributed by atoms with E-state index in [1.807, 2.05) is 0 Å². The van der Waals surface area contributed by atoms with Gasteiger partial charge in [-0.1, -0.05) is 19.9 Å². The molecule has 22 heavy (non-hydrogen) atoms. The Morgan fingerprint density at radius 3 is 2.14 bits per heavy atom. The SMILES string of the molecule is CCC(=O)c1cccc(S(=O)(=O)O)c1[N+](=O)[O-].CCN(C)C. The first-order valence-electron chi connectivity index (χ1n) is 6.49. The summed E-state index contributed by atoms with van der Waals surface area (Å²) in [5, 5.41) is 10.8. The molecular formula is C13H20N2O6S. The zero-order valence-electron chi connectivity index (χ0n) is 12.9. The second-order valence-corrected chi connectivity index (χ2v) is 5.95. The van der Waals surface area contributed by atoms with E-state index >= 15 is 0 Å². The summed E-state index contributed by atoms with van der Waals surface area (Å²) >= 11 is 0. The van der Waals surface area contributed by atoms with Crippen molar-refractivity contribution in [3.05, 3.63) is 33.9 Å². The molecule has 0 aliphatic carbocycles. The van der Waals surface area contributed by atoms with Crippen molar-refractivity contribution in [3.8, 4) is 0 Å². The highest BCUT2D eigenvalue weighted by Crippen LogP contribution is 2.28. The van der Waals surface area contributed by atoms with Crippen molar-refractivity contribution in [1.29, 1.82) is 0 Å². The highest BCUT2D eigenvalue weighted by atomic mass is 32.2. The lowest BCUT2D eigenvalue weighted by atomic mass is 10.1. The van der Waals surface area contributed by atoms with Gasteiger partial charge in [-0.2, -0.15) is 8.42 Å². The number of nitro groups is 1. The van der Waals surface area contributed by atoms with Gasteiger partial charge in [0, 0.05) is 6.42 Å². The van der Waals surface area contributed by atoms with Crippen molar-refractivity contribution < 1.29 is 22.7 Å². The second-order valence-electron chi connectivity index (χ2n) is 4.56. The smallest absolute Gasteiger partial charge is 0.301 e. The Bertz CT molecular complexity index is 640. The van der Waals surface area contributed by atoms with E-state index in [9.17, 15) is 23.3 Å². The van der Waals surface area contributed by atoms with Crippen molar-refractivity contribution in [3.63, 3.8) is 0 Å². The van der Waals surface area contributed by atoms with Gasteiger partial charge in [-0.15, -0.1) is 0 Å². The maximum atomic E-state index is 11.4. The Labute approximate surface area is 129 Å². The van der Waals surface area contributed by atoms with Crippen LogP contribution in [-0.2, 0) is 10.1 Å². The number of rotatable bonds is 5. The van der Waals surface area contributed by atoms with Crippen LogP contribution in [0.25, 0.3) is 0 Å². The van der Waals surface area contributed by atoms with E-state index in [0.29, 0.717) is 0 Å². The van der Waals surface area contributed by atoms with E-state index in [-0.39, 0.29) is 12.0 Å². The molecule has 0 saturated carbocycles. The van der Waals surface area contributed by atoms with Crippen LogP contribution in [0.5, 0.6) is 0 Å². The van der Waals surface area contributed by atoms with Crippen molar-refractivity contribution in [1.82, 2.24) is 4.90 Å². The van der Waals surface area contributed by atoms with Crippen LogP contribution in [0.2, 0.25) is 0 Å². The van der Waals surface area contributed by atoms with Crippen LogP contribution in [0.4, 0.5) is 5.69 Å². The standard InChI is InChI=1S/C9H9NO6S.C4H11N/c1-2-7(11)6-4-3-5-8(17(14,15)16)9(6)10(12)13;1-4-5(2)3/h3-5H,2H2,1H3,(H,14,15,16);4H2,1-3H3. The highest BCUT2D eigenvalue weighted by molar-refractivity contribution is 7.86. The number of carbonyl (C=O) groups excluding carboxylic acids is 1. The van der Waals surface area contributed by atoms with E-state index in [1.165, 1.54) is 13.0 Å². The summed E-state index contributed by atoms with van der Waals surface area (Å²) in [5.41, 5.74) is -1.21. The third-order valence-corrected chi connectivity index (χ3v) is 3.60. The molecule has 1 rings (SSSR count). The minimum Gasteiger partial charge on any atom is -0.310 e. The molecule has 1 N–H and O–H groups in total. The molecule has 0 radical (unpaired) electrons. The van der Waals surface area contributed by atoms with Crippen LogP contribution < -0.4 is 0 Å². The summed E-state index contributed by atoms with van der Waals surface area (Å²) in [6.07, 6.45) is -0.00420. The van der Waals surface area contributed by atoms with Crippen LogP contribution in [0.3, 0.4) is 0 Å². The molecule has 0 fully saturated rings. The fraction of sp³-hybridized carbons (Fsp3) is 0.462. The van der Waals surface area contributed by atoms with Gasteiger partial charge in [0.05, 0.1) is 10.5 Å². The molecule has 0 unspecified atom stereocenters. The zero-order chi connectivity index (χ0) is 17.5. The molecule has 0 atom stereocenters. The summed E-state index contributed by atoms with van der Waals surface area (Å²) in [4.78, 5) is 22.5. The Hall–Kier alpha value is -1.84. The molecule has 0 aliphatic rings. The van der Waals surface area contributed by atoms with Gasteiger partial charge in [-0.25, -0.2) is 0 Å². The normalized spacial score (nSPS) is 10.8. The molecule has 0 amide bonds. The van der Waals surface area contributed by atoms with E-state index in [0.717, 1.165) is 18.7 Å². The van der Waals surface area contributed by atoms with E-state index in [1.54, 1.807) is 0 Å². The zero-order valence-corrected chi connectivity index (χ0v) is 13.8. The first kappa shape index (κ1) is 20.2. The number of carbonyl (C=O) groups is 1. The Balaban J connectivity index is 0.000000763. The molecule has 0 bridgehead atoms. The lowest BCUT2D eigenvalue weighted by molar-refractivity contribution is -0.388. The summed E-state index contributed by atoms with van der Waals surface area (Å²) in [6.45, 7) is 4.76. The van der Waals surface area contributed by atoms with Gasteiger partial charge in [0.15, 0.2) is 10.7 Å². The Morgan fingerprint density at radius 2 is 1.82 bits per heavy atom. The van der Waals surface area contributed by atoms with Crippen LogP contribution in [0.1, 0.15) is 30.6 Å². The monoisotopic (exact) mass is 332 g/mol. The van der Waals surface area contributed by atoms with E-state index < -0.39 is 31.4 Å². The molecule has 9 heteroatoms. The maximum Gasteiger partial charge on any atom is 0.301 e. The Kier molecular flexibility index (Phi) is 7.85. The van der Waals surface area contributed by atoms with E-state index in [4.69, 9.17) is 4.55 Å². The fourth-order valence-corrected chi connectivity index (χ4v) is 2.01. The van der Waals surface area contributed by atoms with Crippen LogP contribution in [0, 0.1) is 10.1 Å². The number of hydrogen-bond acceptors (Lipinski definition) is 6. The molecular weight excluding hydrogens is 312 g/mol. The third kappa shape index (κ3) is 5.88. The number of ketones is 1. The number of nitro benzene ring substituents is 1.